The molecule has 0 N–H and O–H groups in total. The lowest BCUT2D eigenvalue weighted by molar-refractivity contribution is 0.000910. The summed E-state index contributed by atoms with van der Waals surface area (Å²) in [6.45, 7) is 10.3. The van der Waals surface area contributed by atoms with Gasteiger partial charge < -0.3 is 19.1 Å². The van der Waals surface area contributed by atoms with Gasteiger partial charge >= 0.3 is 0 Å². The molecule has 0 amide bonds. The molecular weight excluding hydrogens is 424 g/mol. The van der Waals surface area contributed by atoms with Gasteiger partial charge in [0.15, 0.2) is 11.5 Å². The molecule has 32 heavy (non-hydrogen) atoms. The van der Waals surface area contributed by atoms with Crippen LogP contribution in [0.2, 0.25) is 5.02 Å². The third-order valence-electron chi connectivity index (χ3n) is 6.61. The van der Waals surface area contributed by atoms with Crippen molar-refractivity contribution in [3.05, 3.63) is 52.5 Å². The average molecular weight is 459 g/mol. The highest BCUT2D eigenvalue weighted by molar-refractivity contribution is 6.33. The number of ether oxygens (including phenoxy) is 3. The molecule has 0 saturated carbocycles. The first-order valence-electron chi connectivity index (χ1n) is 11.5. The van der Waals surface area contributed by atoms with E-state index in [-0.39, 0.29) is 11.5 Å². The van der Waals surface area contributed by atoms with Crippen LogP contribution in [-0.4, -0.2) is 58.5 Å². The highest BCUT2D eigenvalue weighted by Crippen LogP contribution is 2.41. The van der Waals surface area contributed by atoms with Gasteiger partial charge in [0, 0.05) is 32.7 Å². The minimum absolute atomic E-state index is 0.0631. The van der Waals surface area contributed by atoms with E-state index < -0.39 is 0 Å². The van der Waals surface area contributed by atoms with Crippen LogP contribution in [0.25, 0.3) is 0 Å². The quantitative estimate of drug-likeness (QED) is 0.593. The molecule has 2 aliphatic rings. The van der Waals surface area contributed by atoms with Crippen molar-refractivity contribution in [2.24, 2.45) is 5.41 Å². The third-order valence-corrected chi connectivity index (χ3v) is 6.93. The minimum Gasteiger partial charge on any atom is -0.493 e. The molecule has 2 aliphatic heterocycles. The molecule has 1 fully saturated rings. The van der Waals surface area contributed by atoms with Gasteiger partial charge in [-0.15, -0.1) is 0 Å². The van der Waals surface area contributed by atoms with E-state index in [1.807, 2.05) is 12.1 Å². The SMILES string of the molecule is COc1cc2c(cc1OC)C(CCN1CCN(c3ccccc3Cl)CC1)OCC(C)(C)C2. The van der Waals surface area contributed by atoms with Gasteiger partial charge in [-0.2, -0.15) is 0 Å². The fourth-order valence-electron chi connectivity index (χ4n) is 4.83. The van der Waals surface area contributed by atoms with Crippen molar-refractivity contribution in [1.82, 2.24) is 4.90 Å². The predicted octanol–water partition coefficient (Wildman–Crippen LogP) is 5.21. The summed E-state index contributed by atoms with van der Waals surface area (Å²) < 4.78 is 17.6. The highest BCUT2D eigenvalue weighted by Gasteiger charge is 2.31. The number of fused-ring (bicyclic) bond motifs is 1. The Labute approximate surface area is 197 Å². The molecule has 0 spiro atoms. The molecule has 1 unspecified atom stereocenters. The van der Waals surface area contributed by atoms with Gasteiger partial charge in [0.1, 0.15) is 0 Å². The topological polar surface area (TPSA) is 34.2 Å². The maximum atomic E-state index is 6.46. The summed E-state index contributed by atoms with van der Waals surface area (Å²) in [6.07, 6.45) is 1.99. The largest absolute Gasteiger partial charge is 0.493 e. The first kappa shape index (κ1) is 23.2. The first-order valence-corrected chi connectivity index (χ1v) is 11.9. The Morgan fingerprint density at radius 3 is 2.41 bits per heavy atom. The summed E-state index contributed by atoms with van der Waals surface area (Å²) in [5.41, 5.74) is 3.77. The van der Waals surface area contributed by atoms with Gasteiger partial charge in [0.2, 0.25) is 0 Å². The van der Waals surface area contributed by atoms with E-state index in [4.69, 9.17) is 25.8 Å². The number of rotatable bonds is 6. The Morgan fingerprint density at radius 2 is 1.72 bits per heavy atom. The van der Waals surface area contributed by atoms with Crippen LogP contribution in [0, 0.1) is 5.41 Å². The molecule has 2 aromatic carbocycles. The molecule has 0 aliphatic carbocycles. The molecule has 174 valence electrons. The van der Waals surface area contributed by atoms with Crippen molar-refractivity contribution in [3.8, 4) is 11.5 Å². The molecule has 6 heteroatoms. The van der Waals surface area contributed by atoms with Crippen molar-refractivity contribution in [1.29, 1.82) is 0 Å². The Morgan fingerprint density at radius 1 is 1.03 bits per heavy atom. The fraction of sp³-hybridized carbons (Fsp3) is 0.538. The zero-order chi connectivity index (χ0) is 22.7. The number of piperazine rings is 1. The van der Waals surface area contributed by atoms with Gasteiger partial charge in [-0.3, -0.25) is 4.90 Å². The maximum Gasteiger partial charge on any atom is 0.161 e. The second kappa shape index (κ2) is 9.90. The minimum atomic E-state index is 0.0631. The highest BCUT2D eigenvalue weighted by atomic mass is 35.5. The van der Waals surface area contributed by atoms with Crippen LogP contribution in [0.15, 0.2) is 36.4 Å². The smallest absolute Gasteiger partial charge is 0.161 e. The van der Waals surface area contributed by atoms with Crippen LogP contribution in [0.1, 0.15) is 37.5 Å². The lowest BCUT2D eigenvalue weighted by Gasteiger charge is -2.37. The van der Waals surface area contributed by atoms with E-state index in [9.17, 15) is 0 Å². The number of hydrogen-bond acceptors (Lipinski definition) is 5. The first-order chi connectivity index (χ1) is 15.4. The second-order valence-electron chi connectivity index (χ2n) is 9.62. The summed E-state index contributed by atoms with van der Waals surface area (Å²) in [6, 6.07) is 12.4. The summed E-state index contributed by atoms with van der Waals surface area (Å²) >= 11 is 6.40. The van der Waals surface area contributed by atoms with Crippen molar-refractivity contribution < 1.29 is 14.2 Å². The van der Waals surface area contributed by atoms with Crippen LogP contribution >= 0.6 is 11.6 Å². The lowest BCUT2D eigenvalue weighted by Crippen LogP contribution is -2.47. The van der Waals surface area contributed by atoms with Crippen LogP contribution in [0.5, 0.6) is 11.5 Å². The standard InChI is InChI=1S/C26H35ClN2O3/c1-26(2)17-19-15-24(30-3)25(31-4)16-20(19)23(32-18-26)9-10-28-11-13-29(14-12-28)22-8-6-5-7-21(22)27/h5-8,15-16,23H,9-14,17-18H2,1-4H3. The molecule has 0 aromatic heterocycles. The van der Waals surface area contributed by atoms with Gasteiger partial charge in [-0.05, 0) is 53.6 Å². The Kier molecular flexibility index (Phi) is 7.18. The third kappa shape index (κ3) is 5.16. The van der Waals surface area contributed by atoms with E-state index in [1.54, 1.807) is 14.2 Å². The average Bonchev–Trinajstić information content (AvgIpc) is 2.92. The molecule has 4 rings (SSSR count). The van der Waals surface area contributed by atoms with E-state index in [0.717, 1.165) is 74.4 Å². The molecule has 5 nitrogen and oxygen atoms in total. The number of benzene rings is 2. The van der Waals surface area contributed by atoms with Crippen LogP contribution < -0.4 is 14.4 Å². The van der Waals surface area contributed by atoms with E-state index in [0.29, 0.717) is 0 Å². The Bertz CT molecular complexity index is 925. The monoisotopic (exact) mass is 458 g/mol. The van der Waals surface area contributed by atoms with Gasteiger partial charge in [0.05, 0.1) is 37.6 Å². The van der Waals surface area contributed by atoms with E-state index in [1.165, 1.54) is 11.1 Å². The van der Waals surface area contributed by atoms with Crippen molar-refractivity contribution in [3.63, 3.8) is 0 Å². The lowest BCUT2D eigenvalue weighted by atomic mass is 9.85. The summed E-state index contributed by atoms with van der Waals surface area (Å²) in [5.74, 6) is 1.56. The fourth-order valence-corrected chi connectivity index (χ4v) is 5.09. The van der Waals surface area contributed by atoms with Crippen LogP contribution in [0.4, 0.5) is 5.69 Å². The summed E-state index contributed by atoms with van der Waals surface area (Å²) in [7, 11) is 3.39. The van der Waals surface area contributed by atoms with Gasteiger partial charge in [-0.25, -0.2) is 0 Å². The van der Waals surface area contributed by atoms with E-state index >= 15 is 0 Å². The molecule has 0 bridgehead atoms. The van der Waals surface area contributed by atoms with Gasteiger partial charge in [0.25, 0.3) is 0 Å². The zero-order valence-corrected chi connectivity index (χ0v) is 20.5. The van der Waals surface area contributed by atoms with Crippen LogP contribution in [-0.2, 0) is 11.2 Å². The Hall–Kier alpha value is -1.95. The zero-order valence-electron chi connectivity index (χ0n) is 19.7. The maximum absolute atomic E-state index is 6.46. The molecule has 1 saturated heterocycles. The Balaban J connectivity index is 1.43. The number of methoxy groups -OCH3 is 2. The van der Waals surface area contributed by atoms with Crippen LogP contribution in [0.3, 0.4) is 0 Å². The molecule has 2 heterocycles. The van der Waals surface area contributed by atoms with Crippen molar-refractivity contribution in [2.75, 3.05) is 58.5 Å². The van der Waals surface area contributed by atoms with Crippen molar-refractivity contribution in [2.45, 2.75) is 32.8 Å². The molecular formula is C26H35ClN2O3. The molecule has 1 atom stereocenters. The number of nitrogens with zero attached hydrogens (tertiary/aromatic N) is 2. The number of hydrogen-bond donors (Lipinski definition) is 0. The predicted molar refractivity (Wildman–Crippen MR) is 130 cm³/mol. The van der Waals surface area contributed by atoms with Crippen molar-refractivity contribution >= 4 is 17.3 Å². The summed E-state index contributed by atoms with van der Waals surface area (Å²) in [5, 5.41) is 0.830. The second-order valence-corrected chi connectivity index (χ2v) is 10.0. The number of para-hydroxylation sites is 1. The summed E-state index contributed by atoms with van der Waals surface area (Å²) in [4.78, 5) is 4.92. The number of halogens is 1. The van der Waals surface area contributed by atoms with Gasteiger partial charge in [-0.1, -0.05) is 37.6 Å². The molecule has 0 radical (unpaired) electrons. The van der Waals surface area contributed by atoms with E-state index in [2.05, 4.69) is 47.9 Å². The number of anilines is 1. The molecule has 2 aromatic rings. The normalized spacial score (nSPS) is 21.0.